The molecule has 0 saturated carbocycles. The first-order valence-electron chi connectivity index (χ1n) is 10.8. The van der Waals surface area contributed by atoms with Gasteiger partial charge in [0.2, 0.25) is 5.88 Å². The lowest BCUT2D eigenvalue weighted by atomic mass is 10.1. The Kier molecular flexibility index (Phi) is 8.86. The molecule has 0 atom stereocenters. The lowest BCUT2D eigenvalue weighted by Crippen LogP contribution is -2.23. The molecule has 2 aromatic heterocycles. The van der Waals surface area contributed by atoms with E-state index in [1.165, 1.54) is 0 Å². The Bertz CT molecular complexity index is 995. The van der Waals surface area contributed by atoms with Crippen LogP contribution in [0, 0.1) is 0 Å². The summed E-state index contributed by atoms with van der Waals surface area (Å²) in [5, 5.41) is 2.93. The van der Waals surface area contributed by atoms with Gasteiger partial charge in [-0.1, -0.05) is 25.5 Å². The topological polar surface area (TPSA) is 82.6 Å². The number of carbonyl (C=O) groups is 1. The number of carbonyl (C=O) groups excluding carboxylic acids is 1. The third-order valence-electron chi connectivity index (χ3n) is 4.65. The first kappa shape index (κ1) is 23.1. The maximum Gasteiger partial charge on any atom is 0.251 e. The highest BCUT2D eigenvalue weighted by atomic mass is 16.5. The van der Waals surface area contributed by atoms with Crippen LogP contribution in [-0.2, 0) is 13.2 Å². The molecule has 1 amide bonds. The summed E-state index contributed by atoms with van der Waals surface area (Å²) in [6, 6.07) is 12.7. The molecule has 1 aromatic carbocycles. The van der Waals surface area contributed by atoms with E-state index in [9.17, 15) is 4.79 Å². The van der Waals surface area contributed by atoms with E-state index in [0.29, 0.717) is 49.3 Å². The molecule has 7 nitrogen and oxygen atoms in total. The quantitative estimate of drug-likeness (QED) is 0.420. The van der Waals surface area contributed by atoms with Crippen molar-refractivity contribution in [3.05, 3.63) is 77.7 Å². The number of rotatable bonds is 12. The fourth-order valence-corrected chi connectivity index (χ4v) is 2.96. The van der Waals surface area contributed by atoms with E-state index in [-0.39, 0.29) is 5.91 Å². The Labute approximate surface area is 188 Å². The SMILES string of the molecule is CCCCOc1ncccc1CNC(=O)c1ccc(OCc2cccnc2)c(OCC)c1. The molecule has 2 heterocycles. The van der Waals surface area contributed by atoms with E-state index in [1.54, 1.807) is 36.8 Å². The van der Waals surface area contributed by atoms with Crippen molar-refractivity contribution in [3.63, 3.8) is 0 Å². The highest BCUT2D eigenvalue weighted by molar-refractivity contribution is 5.94. The second-order valence-electron chi connectivity index (χ2n) is 7.10. The van der Waals surface area contributed by atoms with Gasteiger partial charge in [0.1, 0.15) is 6.61 Å². The number of aromatic nitrogens is 2. The fourth-order valence-electron chi connectivity index (χ4n) is 2.96. The molecule has 0 spiro atoms. The largest absolute Gasteiger partial charge is 0.490 e. The number of unbranched alkanes of at least 4 members (excludes halogenated alkanes) is 1. The Morgan fingerprint density at radius 1 is 1.00 bits per heavy atom. The molecule has 0 bridgehead atoms. The van der Waals surface area contributed by atoms with Crippen molar-refractivity contribution >= 4 is 5.91 Å². The molecule has 3 rings (SSSR count). The molecule has 0 unspecified atom stereocenters. The summed E-state index contributed by atoms with van der Waals surface area (Å²) in [5.41, 5.74) is 2.27. The van der Waals surface area contributed by atoms with Gasteiger partial charge in [-0.2, -0.15) is 0 Å². The summed E-state index contributed by atoms with van der Waals surface area (Å²) >= 11 is 0. The molecule has 0 aliphatic rings. The molecule has 7 heteroatoms. The molecule has 168 valence electrons. The molecule has 0 fully saturated rings. The van der Waals surface area contributed by atoms with Crippen LogP contribution in [0.25, 0.3) is 0 Å². The van der Waals surface area contributed by atoms with Crippen molar-refractivity contribution in [3.8, 4) is 17.4 Å². The lowest BCUT2D eigenvalue weighted by molar-refractivity contribution is 0.0950. The first-order valence-corrected chi connectivity index (χ1v) is 10.8. The molecule has 0 saturated heterocycles. The summed E-state index contributed by atoms with van der Waals surface area (Å²) in [5.74, 6) is 1.43. The van der Waals surface area contributed by atoms with Crippen molar-refractivity contribution in [2.75, 3.05) is 13.2 Å². The zero-order valence-corrected chi connectivity index (χ0v) is 18.5. The summed E-state index contributed by atoms with van der Waals surface area (Å²) < 4.78 is 17.3. The molecule has 3 aromatic rings. The van der Waals surface area contributed by atoms with Gasteiger partial charge in [-0.3, -0.25) is 9.78 Å². The first-order chi connectivity index (χ1) is 15.7. The van der Waals surface area contributed by atoms with E-state index >= 15 is 0 Å². The van der Waals surface area contributed by atoms with Gasteiger partial charge >= 0.3 is 0 Å². The predicted molar refractivity (Wildman–Crippen MR) is 122 cm³/mol. The van der Waals surface area contributed by atoms with E-state index < -0.39 is 0 Å². The Balaban J connectivity index is 1.64. The van der Waals surface area contributed by atoms with Crippen LogP contribution in [0.4, 0.5) is 0 Å². The normalized spacial score (nSPS) is 10.4. The average molecular weight is 436 g/mol. The number of nitrogens with zero attached hydrogens (tertiary/aromatic N) is 2. The number of hydrogen-bond acceptors (Lipinski definition) is 6. The van der Waals surface area contributed by atoms with Crippen molar-refractivity contribution in [1.29, 1.82) is 0 Å². The third kappa shape index (κ3) is 6.70. The monoisotopic (exact) mass is 435 g/mol. The van der Waals surface area contributed by atoms with Crippen LogP contribution in [0.15, 0.2) is 61.1 Å². The number of amides is 1. The van der Waals surface area contributed by atoms with Crippen LogP contribution >= 0.6 is 0 Å². The second kappa shape index (κ2) is 12.3. The molecule has 32 heavy (non-hydrogen) atoms. The lowest BCUT2D eigenvalue weighted by Gasteiger charge is -2.14. The van der Waals surface area contributed by atoms with Crippen LogP contribution in [0.5, 0.6) is 17.4 Å². The van der Waals surface area contributed by atoms with E-state index in [0.717, 1.165) is 24.0 Å². The predicted octanol–water partition coefficient (Wildman–Crippen LogP) is 4.56. The number of nitrogens with one attached hydrogen (secondary N) is 1. The Morgan fingerprint density at radius 3 is 2.66 bits per heavy atom. The fraction of sp³-hybridized carbons (Fsp3) is 0.320. The van der Waals surface area contributed by atoms with Gasteiger partial charge in [0.25, 0.3) is 5.91 Å². The number of ether oxygens (including phenoxy) is 3. The van der Waals surface area contributed by atoms with Crippen LogP contribution < -0.4 is 19.5 Å². The molecule has 0 aliphatic carbocycles. The maximum atomic E-state index is 12.8. The van der Waals surface area contributed by atoms with Gasteiger partial charge in [0.05, 0.1) is 13.2 Å². The molecular weight excluding hydrogens is 406 g/mol. The molecular formula is C25H29N3O4. The maximum absolute atomic E-state index is 12.8. The van der Waals surface area contributed by atoms with Crippen LogP contribution in [-0.4, -0.2) is 29.1 Å². The standard InChI is InChI=1S/C25H29N3O4/c1-3-5-14-31-25-21(9-7-13-27-25)17-28-24(29)20-10-11-22(23(15-20)30-4-2)32-18-19-8-6-12-26-16-19/h6-13,15-16H,3-5,14,17-18H2,1-2H3,(H,28,29). The van der Waals surface area contributed by atoms with E-state index in [4.69, 9.17) is 14.2 Å². The van der Waals surface area contributed by atoms with Gasteiger partial charge < -0.3 is 19.5 Å². The van der Waals surface area contributed by atoms with E-state index in [2.05, 4.69) is 22.2 Å². The third-order valence-corrected chi connectivity index (χ3v) is 4.65. The smallest absolute Gasteiger partial charge is 0.251 e. The minimum absolute atomic E-state index is 0.215. The number of pyridine rings is 2. The minimum atomic E-state index is -0.215. The highest BCUT2D eigenvalue weighted by Gasteiger charge is 2.13. The second-order valence-corrected chi connectivity index (χ2v) is 7.10. The van der Waals surface area contributed by atoms with Crippen molar-refractivity contribution in [2.24, 2.45) is 0 Å². The zero-order chi connectivity index (χ0) is 22.6. The molecule has 1 N–H and O–H groups in total. The van der Waals surface area contributed by atoms with Gasteiger partial charge in [0, 0.05) is 41.8 Å². The van der Waals surface area contributed by atoms with Crippen LogP contribution in [0.2, 0.25) is 0 Å². The van der Waals surface area contributed by atoms with Gasteiger partial charge in [-0.15, -0.1) is 0 Å². The average Bonchev–Trinajstić information content (AvgIpc) is 2.83. The summed E-state index contributed by atoms with van der Waals surface area (Å²) in [4.78, 5) is 21.1. The Morgan fingerprint density at radius 2 is 1.88 bits per heavy atom. The van der Waals surface area contributed by atoms with Gasteiger partial charge in [-0.05, 0) is 43.7 Å². The Hall–Kier alpha value is -3.61. The number of benzene rings is 1. The number of hydrogen-bond donors (Lipinski definition) is 1. The van der Waals surface area contributed by atoms with Crippen LogP contribution in [0.3, 0.4) is 0 Å². The van der Waals surface area contributed by atoms with Crippen molar-refractivity contribution < 1.29 is 19.0 Å². The molecule has 0 aliphatic heterocycles. The highest BCUT2D eigenvalue weighted by Crippen LogP contribution is 2.29. The summed E-state index contributed by atoms with van der Waals surface area (Å²) in [6.45, 7) is 5.74. The summed E-state index contributed by atoms with van der Waals surface area (Å²) in [7, 11) is 0. The van der Waals surface area contributed by atoms with Gasteiger partial charge in [0.15, 0.2) is 11.5 Å². The minimum Gasteiger partial charge on any atom is -0.490 e. The van der Waals surface area contributed by atoms with Crippen molar-refractivity contribution in [1.82, 2.24) is 15.3 Å². The van der Waals surface area contributed by atoms with Crippen LogP contribution in [0.1, 0.15) is 48.2 Å². The zero-order valence-electron chi connectivity index (χ0n) is 18.5. The molecule has 0 radical (unpaired) electrons. The summed E-state index contributed by atoms with van der Waals surface area (Å²) in [6.07, 6.45) is 7.15. The van der Waals surface area contributed by atoms with E-state index in [1.807, 2.05) is 31.2 Å². The van der Waals surface area contributed by atoms with Crippen molar-refractivity contribution in [2.45, 2.75) is 39.8 Å². The van der Waals surface area contributed by atoms with Gasteiger partial charge in [-0.25, -0.2) is 4.98 Å².